The molecule has 1 N–H and O–H groups in total. The van der Waals surface area contributed by atoms with Crippen molar-refractivity contribution in [3.05, 3.63) is 58.1 Å². The number of ether oxygens (including phenoxy) is 3. The summed E-state index contributed by atoms with van der Waals surface area (Å²) in [4.78, 5) is 13.4. The minimum Gasteiger partial charge on any atom is -0.486 e. The van der Waals surface area contributed by atoms with Crippen LogP contribution in [0.4, 0.5) is 0 Å². The minimum atomic E-state index is -0.568. The molecule has 6 heteroatoms. The lowest BCUT2D eigenvalue weighted by Crippen LogP contribution is -2.48. The first-order chi connectivity index (χ1) is 13.6. The van der Waals surface area contributed by atoms with Gasteiger partial charge < -0.3 is 19.5 Å². The second-order valence-corrected chi connectivity index (χ2v) is 8.22. The van der Waals surface area contributed by atoms with Crippen LogP contribution < -0.4 is 14.8 Å². The number of amides is 1. The van der Waals surface area contributed by atoms with E-state index in [1.54, 1.807) is 0 Å². The summed E-state index contributed by atoms with van der Waals surface area (Å²) in [7, 11) is 0. The summed E-state index contributed by atoms with van der Waals surface area (Å²) in [5, 5.41) is 3.22. The summed E-state index contributed by atoms with van der Waals surface area (Å²) >= 11 is 3.48. The molecule has 0 saturated carbocycles. The Balaban J connectivity index is 1.56. The lowest BCUT2D eigenvalue weighted by molar-refractivity contribution is -0.131. The van der Waals surface area contributed by atoms with Gasteiger partial charge in [0.15, 0.2) is 11.5 Å². The number of hydrogen-bond donors (Lipinski definition) is 1. The van der Waals surface area contributed by atoms with Crippen molar-refractivity contribution in [1.29, 1.82) is 0 Å². The molecule has 2 aromatic carbocycles. The van der Waals surface area contributed by atoms with Gasteiger partial charge in [-0.05, 0) is 55.2 Å². The van der Waals surface area contributed by atoms with Crippen LogP contribution in [0.1, 0.15) is 36.9 Å². The summed E-state index contributed by atoms with van der Waals surface area (Å²) in [6.45, 7) is 4.28. The Bertz CT molecular complexity index is 846. The van der Waals surface area contributed by atoms with Gasteiger partial charge in [0.2, 0.25) is 5.91 Å². The van der Waals surface area contributed by atoms with Crippen molar-refractivity contribution in [2.24, 2.45) is 0 Å². The van der Waals surface area contributed by atoms with Gasteiger partial charge in [-0.25, -0.2) is 0 Å². The highest BCUT2D eigenvalue weighted by Gasteiger charge is 2.42. The fourth-order valence-electron chi connectivity index (χ4n) is 3.88. The zero-order chi connectivity index (χ0) is 19.6. The molecule has 2 heterocycles. The fraction of sp³-hybridized carbons (Fsp3) is 0.409. The van der Waals surface area contributed by atoms with Crippen molar-refractivity contribution >= 4 is 21.8 Å². The first-order valence-corrected chi connectivity index (χ1v) is 10.4. The van der Waals surface area contributed by atoms with Crippen LogP contribution in [0.25, 0.3) is 0 Å². The third-order valence-electron chi connectivity index (χ3n) is 5.59. The van der Waals surface area contributed by atoms with Crippen LogP contribution in [0.5, 0.6) is 11.5 Å². The smallest absolute Gasteiger partial charge is 0.231 e. The standard InChI is InChI=1S/C22H24BrNO4/c1-15(16-2-7-19-20(14-16)28-13-12-27-19)24-21(25)22(8-10-26-11-9-22)17-3-5-18(23)6-4-17/h2-7,14-15H,8-13H2,1H3,(H,24,25). The number of hydrogen-bond acceptors (Lipinski definition) is 4. The fourth-order valence-corrected chi connectivity index (χ4v) is 4.15. The maximum Gasteiger partial charge on any atom is 0.231 e. The molecule has 1 atom stereocenters. The Morgan fingerprint density at radius 2 is 1.68 bits per heavy atom. The first-order valence-electron chi connectivity index (χ1n) is 9.63. The van der Waals surface area contributed by atoms with Crippen molar-refractivity contribution < 1.29 is 19.0 Å². The maximum absolute atomic E-state index is 13.4. The number of carbonyl (C=O) groups excluding carboxylic acids is 1. The van der Waals surface area contributed by atoms with Gasteiger partial charge in [-0.1, -0.05) is 34.1 Å². The molecule has 2 aliphatic heterocycles. The first kappa shape index (κ1) is 19.3. The molecule has 2 aromatic rings. The molecule has 0 aliphatic carbocycles. The van der Waals surface area contributed by atoms with Crippen molar-refractivity contribution in [3.8, 4) is 11.5 Å². The van der Waals surface area contributed by atoms with E-state index in [1.165, 1.54) is 0 Å². The van der Waals surface area contributed by atoms with Gasteiger partial charge >= 0.3 is 0 Å². The van der Waals surface area contributed by atoms with Crippen LogP contribution in [-0.2, 0) is 14.9 Å². The molecule has 148 valence electrons. The Morgan fingerprint density at radius 1 is 1.00 bits per heavy atom. The van der Waals surface area contributed by atoms with Gasteiger partial charge in [0.25, 0.3) is 0 Å². The molecule has 28 heavy (non-hydrogen) atoms. The van der Waals surface area contributed by atoms with E-state index in [4.69, 9.17) is 14.2 Å². The number of carbonyl (C=O) groups is 1. The normalized spacial score (nSPS) is 18.9. The highest BCUT2D eigenvalue weighted by atomic mass is 79.9. The van der Waals surface area contributed by atoms with E-state index in [0.29, 0.717) is 39.3 Å². The van der Waals surface area contributed by atoms with Gasteiger partial charge in [0.1, 0.15) is 13.2 Å². The quantitative estimate of drug-likeness (QED) is 0.767. The zero-order valence-corrected chi connectivity index (χ0v) is 17.5. The maximum atomic E-state index is 13.4. The van der Waals surface area contributed by atoms with E-state index in [9.17, 15) is 4.79 Å². The summed E-state index contributed by atoms with van der Waals surface area (Å²) in [6, 6.07) is 13.7. The lowest BCUT2D eigenvalue weighted by Gasteiger charge is -2.37. The van der Waals surface area contributed by atoms with Gasteiger partial charge in [-0.3, -0.25) is 4.79 Å². The summed E-state index contributed by atoms with van der Waals surface area (Å²) < 4.78 is 17.8. The second kappa shape index (κ2) is 8.13. The van der Waals surface area contributed by atoms with E-state index in [0.717, 1.165) is 27.1 Å². The van der Waals surface area contributed by atoms with Crippen molar-refractivity contribution in [2.45, 2.75) is 31.2 Å². The Labute approximate surface area is 173 Å². The van der Waals surface area contributed by atoms with Gasteiger partial charge in [0.05, 0.1) is 11.5 Å². The van der Waals surface area contributed by atoms with Crippen LogP contribution in [-0.4, -0.2) is 32.3 Å². The molecule has 0 bridgehead atoms. The van der Waals surface area contributed by atoms with E-state index >= 15 is 0 Å². The number of halogens is 1. The third-order valence-corrected chi connectivity index (χ3v) is 6.12. The van der Waals surface area contributed by atoms with E-state index < -0.39 is 5.41 Å². The minimum absolute atomic E-state index is 0.0421. The number of rotatable bonds is 4. The van der Waals surface area contributed by atoms with Gasteiger partial charge in [-0.15, -0.1) is 0 Å². The average Bonchev–Trinajstić information content (AvgIpc) is 2.74. The molecule has 0 radical (unpaired) electrons. The molecule has 1 unspecified atom stereocenters. The predicted molar refractivity (Wildman–Crippen MR) is 110 cm³/mol. The molecule has 2 aliphatic rings. The Morgan fingerprint density at radius 3 is 2.39 bits per heavy atom. The molecule has 1 amide bonds. The molecule has 1 fully saturated rings. The molecule has 0 aromatic heterocycles. The highest BCUT2D eigenvalue weighted by molar-refractivity contribution is 9.10. The number of nitrogens with one attached hydrogen (secondary N) is 1. The number of fused-ring (bicyclic) bond motifs is 1. The molecule has 5 nitrogen and oxygen atoms in total. The van der Waals surface area contributed by atoms with Crippen molar-refractivity contribution in [1.82, 2.24) is 5.32 Å². The SMILES string of the molecule is CC(NC(=O)C1(c2ccc(Br)cc2)CCOCC1)c1ccc2c(c1)OCCO2. The predicted octanol–water partition coefficient (Wildman–Crippen LogP) is 4.15. The monoisotopic (exact) mass is 445 g/mol. The molecule has 0 spiro atoms. The van der Waals surface area contributed by atoms with Crippen LogP contribution in [0.3, 0.4) is 0 Å². The largest absolute Gasteiger partial charge is 0.486 e. The van der Waals surface area contributed by atoms with Crippen LogP contribution in [0, 0.1) is 0 Å². The molecular weight excluding hydrogens is 422 g/mol. The van der Waals surface area contributed by atoms with Gasteiger partial charge in [0, 0.05) is 17.7 Å². The van der Waals surface area contributed by atoms with E-state index in [1.807, 2.05) is 49.4 Å². The average molecular weight is 446 g/mol. The topological polar surface area (TPSA) is 56.8 Å². The second-order valence-electron chi connectivity index (χ2n) is 7.30. The lowest BCUT2D eigenvalue weighted by atomic mass is 9.73. The Hall–Kier alpha value is -2.05. The number of benzene rings is 2. The van der Waals surface area contributed by atoms with E-state index in [2.05, 4.69) is 21.2 Å². The van der Waals surface area contributed by atoms with Crippen LogP contribution in [0.15, 0.2) is 46.9 Å². The van der Waals surface area contributed by atoms with Crippen LogP contribution in [0.2, 0.25) is 0 Å². The van der Waals surface area contributed by atoms with Crippen LogP contribution >= 0.6 is 15.9 Å². The summed E-state index contributed by atoms with van der Waals surface area (Å²) in [5.41, 5.74) is 1.46. The zero-order valence-electron chi connectivity index (χ0n) is 15.9. The van der Waals surface area contributed by atoms with E-state index in [-0.39, 0.29) is 11.9 Å². The third kappa shape index (κ3) is 3.76. The van der Waals surface area contributed by atoms with Gasteiger partial charge in [-0.2, -0.15) is 0 Å². The summed E-state index contributed by atoms with van der Waals surface area (Å²) in [5.74, 6) is 1.53. The molecule has 4 rings (SSSR count). The molecule has 1 saturated heterocycles. The van der Waals surface area contributed by atoms with Crippen molar-refractivity contribution in [2.75, 3.05) is 26.4 Å². The summed E-state index contributed by atoms with van der Waals surface area (Å²) in [6.07, 6.45) is 1.35. The highest BCUT2D eigenvalue weighted by Crippen LogP contribution is 2.37. The Kier molecular flexibility index (Phi) is 5.60. The van der Waals surface area contributed by atoms with Crippen molar-refractivity contribution in [3.63, 3.8) is 0 Å². The molecular formula is C22H24BrNO4.